The zero-order chi connectivity index (χ0) is 14.5. The van der Waals surface area contributed by atoms with Crippen LogP contribution < -0.4 is 4.74 Å². The van der Waals surface area contributed by atoms with Crippen LogP contribution in [0.4, 0.5) is 0 Å². The number of rotatable bonds is 5. The summed E-state index contributed by atoms with van der Waals surface area (Å²) in [4.78, 5) is 26.3. The first-order chi connectivity index (χ1) is 9.61. The van der Waals surface area contributed by atoms with Crippen LogP contribution in [0, 0.1) is 0 Å². The van der Waals surface area contributed by atoms with Gasteiger partial charge in [0, 0.05) is 6.92 Å². The second-order valence-corrected chi connectivity index (χ2v) is 4.17. The van der Waals surface area contributed by atoms with Crippen molar-refractivity contribution in [1.82, 2.24) is 4.98 Å². The lowest BCUT2D eigenvalue weighted by molar-refractivity contribution is 0.101. The van der Waals surface area contributed by atoms with Gasteiger partial charge >= 0.3 is 0 Å². The summed E-state index contributed by atoms with van der Waals surface area (Å²) in [5, 5.41) is 9.53. The normalized spacial score (nSPS) is 10.1. The topological polar surface area (TPSA) is 76.5 Å². The van der Waals surface area contributed by atoms with Gasteiger partial charge in [-0.25, -0.2) is 4.98 Å². The number of phenolic OH excluding ortho intramolecular Hbond substituents is 1. The minimum Gasteiger partial charge on any atom is -0.507 e. The van der Waals surface area contributed by atoms with Gasteiger partial charge in [0.25, 0.3) is 0 Å². The molecule has 20 heavy (non-hydrogen) atoms. The van der Waals surface area contributed by atoms with E-state index in [0.717, 1.165) is 0 Å². The Morgan fingerprint density at radius 2 is 2.05 bits per heavy atom. The van der Waals surface area contributed by atoms with E-state index >= 15 is 0 Å². The number of Topliss-reactive ketones (excluding diaryl/α,β-unsaturated/α-hetero) is 1. The van der Waals surface area contributed by atoms with Gasteiger partial charge < -0.3 is 9.84 Å². The highest BCUT2D eigenvalue weighted by Crippen LogP contribution is 2.25. The first kappa shape index (κ1) is 13.7. The number of carbonyl (C=O) groups is 2. The minimum absolute atomic E-state index is 0.0928. The van der Waals surface area contributed by atoms with Gasteiger partial charge in [0.15, 0.2) is 12.1 Å². The maximum Gasteiger partial charge on any atom is 0.178 e. The Labute approximate surface area is 115 Å². The van der Waals surface area contributed by atoms with Crippen LogP contribution in [-0.2, 0) is 6.61 Å². The molecule has 0 unspecified atom stereocenters. The molecule has 1 heterocycles. The number of benzene rings is 1. The van der Waals surface area contributed by atoms with E-state index in [9.17, 15) is 14.7 Å². The standard InChI is InChI=1S/C15H13NO4/c1-10(18)13-5-2-4-11(16-13)9-20-15-7-3-6-14(19)12(15)8-17/h2-8,19H,9H2,1H3. The molecule has 1 aromatic heterocycles. The third kappa shape index (κ3) is 3.00. The number of nitrogens with zero attached hydrogens (tertiary/aromatic N) is 1. The Balaban J connectivity index is 2.17. The summed E-state index contributed by atoms with van der Waals surface area (Å²) < 4.78 is 5.46. The van der Waals surface area contributed by atoms with E-state index < -0.39 is 0 Å². The second-order valence-electron chi connectivity index (χ2n) is 4.17. The summed E-state index contributed by atoms with van der Waals surface area (Å²) in [5.41, 5.74) is 1.02. The predicted molar refractivity (Wildman–Crippen MR) is 72.1 cm³/mol. The molecule has 0 atom stereocenters. The molecule has 0 aliphatic rings. The van der Waals surface area contributed by atoms with Gasteiger partial charge in [-0.2, -0.15) is 0 Å². The van der Waals surface area contributed by atoms with Gasteiger partial charge in [-0.15, -0.1) is 0 Å². The highest BCUT2D eigenvalue weighted by atomic mass is 16.5. The number of aldehydes is 1. The first-order valence-corrected chi connectivity index (χ1v) is 5.98. The van der Waals surface area contributed by atoms with Crippen molar-refractivity contribution in [2.75, 3.05) is 0 Å². The molecule has 5 heteroatoms. The molecule has 1 N–H and O–H groups in total. The summed E-state index contributed by atoms with van der Waals surface area (Å²) >= 11 is 0. The molecule has 0 bridgehead atoms. The van der Waals surface area contributed by atoms with Gasteiger partial charge in [-0.1, -0.05) is 12.1 Å². The van der Waals surface area contributed by atoms with Gasteiger partial charge in [0.1, 0.15) is 23.8 Å². The lowest BCUT2D eigenvalue weighted by atomic mass is 10.2. The van der Waals surface area contributed by atoms with Crippen LogP contribution in [0.25, 0.3) is 0 Å². The summed E-state index contributed by atoms with van der Waals surface area (Å²) in [6.45, 7) is 1.54. The molecule has 102 valence electrons. The van der Waals surface area contributed by atoms with Crippen molar-refractivity contribution in [2.24, 2.45) is 0 Å². The fraction of sp³-hybridized carbons (Fsp3) is 0.133. The Hall–Kier alpha value is -2.69. The molecule has 5 nitrogen and oxygen atoms in total. The number of phenols is 1. The van der Waals surface area contributed by atoms with Gasteiger partial charge in [0.2, 0.25) is 0 Å². The average molecular weight is 271 g/mol. The Bertz CT molecular complexity index is 652. The minimum atomic E-state index is -0.136. The van der Waals surface area contributed by atoms with Crippen molar-refractivity contribution >= 4 is 12.1 Å². The third-order valence-electron chi connectivity index (χ3n) is 2.70. The molecule has 0 fully saturated rings. The molecule has 0 amide bonds. The molecular formula is C15H13NO4. The quantitative estimate of drug-likeness (QED) is 0.667. The summed E-state index contributed by atoms with van der Waals surface area (Å²) in [7, 11) is 0. The maximum absolute atomic E-state index is 11.2. The zero-order valence-electron chi connectivity index (χ0n) is 10.9. The highest BCUT2D eigenvalue weighted by Gasteiger charge is 2.09. The van der Waals surface area contributed by atoms with Crippen molar-refractivity contribution in [2.45, 2.75) is 13.5 Å². The van der Waals surface area contributed by atoms with Crippen LogP contribution in [0.2, 0.25) is 0 Å². The van der Waals surface area contributed by atoms with Crippen LogP contribution in [0.1, 0.15) is 33.5 Å². The van der Waals surface area contributed by atoms with Crippen molar-refractivity contribution in [1.29, 1.82) is 0 Å². The van der Waals surface area contributed by atoms with Crippen LogP contribution in [-0.4, -0.2) is 22.2 Å². The molecule has 0 aliphatic carbocycles. The number of hydrogen-bond acceptors (Lipinski definition) is 5. The molecule has 0 radical (unpaired) electrons. The Morgan fingerprint density at radius 3 is 2.75 bits per heavy atom. The third-order valence-corrected chi connectivity index (χ3v) is 2.70. The van der Waals surface area contributed by atoms with Crippen LogP contribution in [0.15, 0.2) is 36.4 Å². The van der Waals surface area contributed by atoms with E-state index in [4.69, 9.17) is 4.74 Å². The lowest BCUT2D eigenvalue weighted by Gasteiger charge is -2.09. The van der Waals surface area contributed by atoms with Crippen LogP contribution >= 0.6 is 0 Å². The summed E-state index contributed by atoms with van der Waals surface area (Å²) in [6.07, 6.45) is 0.532. The fourth-order valence-corrected chi connectivity index (χ4v) is 1.68. The van der Waals surface area contributed by atoms with Crippen LogP contribution in [0.3, 0.4) is 0 Å². The van der Waals surface area contributed by atoms with Crippen LogP contribution in [0.5, 0.6) is 11.5 Å². The summed E-state index contributed by atoms with van der Waals surface area (Å²) in [5.74, 6) is 0.00996. The van der Waals surface area contributed by atoms with Crippen molar-refractivity contribution in [3.8, 4) is 11.5 Å². The molecule has 0 saturated heterocycles. The Morgan fingerprint density at radius 1 is 1.30 bits per heavy atom. The molecular weight excluding hydrogens is 258 g/mol. The smallest absolute Gasteiger partial charge is 0.178 e. The van der Waals surface area contributed by atoms with Gasteiger partial charge in [-0.3, -0.25) is 9.59 Å². The summed E-state index contributed by atoms with van der Waals surface area (Å²) in [6, 6.07) is 9.62. The van der Waals surface area contributed by atoms with E-state index in [2.05, 4.69) is 4.98 Å². The van der Waals surface area contributed by atoms with E-state index in [0.29, 0.717) is 17.7 Å². The van der Waals surface area contributed by atoms with Gasteiger partial charge in [0.05, 0.1) is 11.3 Å². The SMILES string of the molecule is CC(=O)c1cccc(COc2cccc(O)c2C=O)n1. The number of carbonyl (C=O) groups excluding carboxylic acids is 2. The number of aromatic nitrogens is 1. The monoisotopic (exact) mass is 271 g/mol. The van der Waals surface area contributed by atoms with Crippen molar-refractivity contribution in [3.05, 3.63) is 53.3 Å². The first-order valence-electron chi connectivity index (χ1n) is 5.98. The lowest BCUT2D eigenvalue weighted by Crippen LogP contribution is -2.04. The zero-order valence-corrected chi connectivity index (χ0v) is 10.9. The van der Waals surface area contributed by atoms with Gasteiger partial charge in [-0.05, 0) is 24.3 Å². The van der Waals surface area contributed by atoms with Crippen molar-refractivity contribution < 1.29 is 19.4 Å². The van der Waals surface area contributed by atoms with E-state index in [1.165, 1.54) is 13.0 Å². The van der Waals surface area contributed by atoms with E-state index in [1.54, 1.807) is 30.3 Å². The number of hydrogen-bond donors (Lipinski definition) is 1. The molecule has 0 aliphatic heterocycles. The number of pyridine rings is 1. The molecule has 2 rings (SSSR count). The predicted octanol–water partition coefficient (Wildman–Crippen LogP) is 2.38. The van der Waals surface area contributed by atoms with E-state index in [1.807, 2.05) is 0 Å². The largest absolute Gasteiger partial charge is 0.507 e. The maximum atomic E-state index is 11.2. The van der Waals surface area contributed by atoms with E-state index in [-0.39, 0.29) is 29.5 Å². The molecule has 2 aromatic rings. The second kappa shape index (κ2) is 5.97. The molecule has 0 saturated carbocycles. The Kier molecular flexibility index (Phi) is 4.10. The number of aromatic hydroxyl groups is 1. The average Bonchev–Trinajstić information content (AvgIpc) is 2.45. The molecule has 0 spiro atoms. The molecule has 1 aromatic carbocycles. The number of ketones is 1. The number of ether oxygens (including phenoxy) is 1. The fourth-order valence-electron chi connectivity index (χ4n) is 1.68. The van der Waals surface area contributed by atoms with Crippen molar-refractivity contribution in [3.63, 3.8) is 0 Å². The highest BCUT2D eigenvalue weighted by molar-refractivity contribution is 5.92.